The summed E-state index contributed by atoms with van der Waals surface area (Å²) in [7, 11) is 0. The molecule has 1 heteroatoms. The third kappa shape index (κ3) is 2.45. The van der Waals surface area contributed by atoms with Crippen molar-refractivity contribution in [3.63, 3.8) is 0 Å². The van der Waals surface area contributed by atoms with Gasteiger partial charge in [-0.05, 0) is 45.4 Å². The van der Waals surface area contributed by atoms with Crippen LogP contribution in [0.4, 0.5) is 0 Å². The molecular formula is C15H24O. The summed E-state index contributed by atoms with van der Waals surface area (Å²) in [6.07, 6.45) is 7.72. The van der Waals surface area contributed by atoms with E-state index in [1.807, 2.05) is 13.8 Å². The van der Waals surface area contributed by atoms with Gasteiger partial charge in [-0.25, -0.2) is 0 Å². The Kier molecular flexibility index (Phi) is 3.47. The second-order valence-corrected chi connectivity index (χ2v) is 6.09. The van der Waals surface area contributed by atoms with Crippen molar-refractivity contribution < 1.29 is 4.79 Å². The highest BCUT2D eigenvalue weighted by Crippen LogP contribution is 2.44. The summed E-state index contributed by atoms with van der Waals surface area (Å²) in [6, 6.07) is 0. The van der Waals surface area contributed by atoms with Crippen LogP contribution in [0.25, 0.3) is 0 Å². The molecule has 0 aromatic heterocycles. The minimum atomic E-state index is -0.327. The van der Waals surface area contributed by atoms with Crippen LogP contribution >= 0.6 is 0 Å². The summed E-state index contributed by atoms with van der Waals surface area (Å²) in [5.74, 6) is 0.760. The molecule has 16 heavy (non-hydrogen) atoms. The molecule has 0 saturated heterocycles. The SMILES string of the molecule is CC(=O)C(C)(C)/C=C/[C@@H]1CC=C(C)C1(C)C. The zero-order chi connectivity index (χ0) is 12.6. The number of ketones is 1. The summed E-state index contributed by atoms with van der Waals surface area (Å²) in [5.41, 5.74) is 1.37. The number of carbonyl (C=O) groups is 1. The topological polar surface area (TPSA) is 17.1 Å². The molecule has 0 amide bonds. The Morgan fingerprint density at radius 2 is 2.06 bits per heavy atom. The maximum Gasteiger partial charge on any atom is 0.139 e. The smallest absolute Gasteiger partial charge is 0.139 e. The fraction of sp³-hybridized carbons (Fsp3) is 0.667. The summed E-state index contributed by atoms with van der Waals surface area (Å²) in [5, 5.41) is 0. The molecule has 0 saturated carbocycles. The van der Waals surface area contributed by atoms with E-state index in [2.05, 4.69) is 39.0 Å². The molecule has 1 aliphatic carbocycles. The molecule has 0 heterocycles. The second-order valence-electron chi connectivity index (χ2n) is 6.09. The van der Waals surface area contributed by atoms with E-state index in [-0.39, 0.29) is 16.6 Å². The molecule has 0 aromatic carbocycles. The fourth-order valence-corrected chi connectivity index (χ4v) is 1.95. The highest BCUT2D eigenvalue weighted by Gasteiger charge is 2.33. The Balaban J connectivity index is 2.78. The van der Waals surface area contributed by atoms with Crippen molar-refractivity contribution in [1.82, 2.24) is 0 Å². The number of allylic oxidation sites excluding steroid dienone is 4. The quantitative estimate of drug-likeness (QED) is 0.653. The lowest BCUT2D eigenvalue weighted by Gasteiger charge is -2.28. The lowest BCUT2D eigenvalue weighted by Crippen LogP contribution is -2.21. The first-order valence-corrected chi connectivity index (χ1v) is 6.05. The molecule has 0 bridgehead atoms. The predicted octanol–water partition coefficient (Wildman–Crippen LogP) is 4.15. The molecule has 1 atom stereocenters. The van der Waals surface area contributed by atoms with Gasteiger partial charge in [0.15, 0.2) is 0 Å². The Bertz CT molecular complexity index is 342. The van der Waals surface area contributed by atoms with Crippen LogP contribution in [-0.4, -0.2) is 5.78 Å². The second kappa shape index (κ2) is 4.20. The van der Waals surface area contributed by atoms with E-state index >= 15 is 0 Å². The average Bonchev–Trinajstić information content (AvgIpc) is 2.39. The minimum absolute atomic E-state index is 0.226. The molecule has 1 rings (SSSR count). The van der Waals surface area contributed by atoms with Gasteiger partial charge in [-0.3, -0.25) is 4.79 Å². The monoisotopic (exact) mass is 220 g/mol. The van der Waals surface area contributed by atoms with Crippen LogP contribution in [0.15, 0.2) is 23.8 Å². The Morgan fingerprint density at radius 1 is 1.50 bits per heavy atom. The zero-order valence-corrected chi connectivity index (χ0v) is 11.4. The largest absolute Gasteiger partial charge is 0.299 e. The van der Waals surface area contributed by atoms with Crippen LogP contribution in [0, 0.1) is 16.7 Å². The van der Waals surface area contributed by atoms with Gasteiger partial charge < -0.3 is 0 Å². The summed E-state index contributed by atoms with van der Waals surface area (Å²) >= 11 is 0. The van der Waals surface area contributed by atoms with E-state index in [1.54, 1.807) is 6.92 Å². The Hall–Kier alpha value is -0.850. The highest BCUT2D eigenvalue weighted by atomic mass is 16.1. The average molecular weight is 220 g/mol. The van der Waals surface area contributed by atoms with Gasteiger partial charge >= 0.3 is 0 Å². The summed E-state index contributed by atoms with van der Waals surface area (Å²) in [4.78, 5) is 11.4. The van der Waals surface area contributed by atoms with Gasteiger partial charge in [0.05, 0.1) is 0 Å². The zero-order valence-electron chi connectivity index (χ0n) is 11.4. The third-order valence-electron chi connectivity index (χ3n) is 4.27. The number of Topliss-reactive ketones (excluding diaryl/α,β-unsaturated/α-hetero) is 1. The molecule has 0 unspecified atom stereocenters. The summed E-state index contributed by atoms with van der Waals surface area (Å²) in [6.45, 7) is 12.4. The lowest BCUT2D eigenvalue weighted by molar-refractivity contribution is -0.122. The van der Waals surface area contributed by atoms with Gasteiger partial charge in [-0.15, -0.1) is 0 Å². The van der Waals surface area contributed by atoms with Crippen LogP contribution in [0.2, 0.25) is 0 Å². The normalized spacial score (nSPS) is 24.9. The van der Waals surface area contributed by atoms with Crippen molar-refractivity contribution in [3.8, 4) is 0 Å². The molecule has 90 valence electrons. The first-order valence-electron chi connectivity index (χ1n) is 6.05. The molecule has 0 fully saturated rings. The van der Waals surface area contributed by atoms with E-state index in [0.29, 0.717) is 5.92 Å². The standard InChI is InChI=1S/C15H24O/c1-11-7-8-13(15(11,5)6)9-10-14(3,4)12(2)16/h7,9-10,13H,8H2,1-6H3/b10-9+/t13-/m0/s1. The molecule has 0 radical (unpaired) electrons. The summed E-state index contributed by atoms with van der Waals surface area (Å²) < 4.78 is 0. The molecule has 0 aromatic rings. The maximum atomic E-state index is 11.4. The first-order chi connectivity index (χ1) is 7.18. The number of carbonyl (C=O) groups excluding carboxylic acids is 1. The molecule has 0 aliphatic heterocycles. The van der Waals surface area contributed by atoms with E-state index in [4.69, 9.17) is 0 Å². The van der Waals surface area contributed by atoms with Crippen LogP contribution in [0.5, 0.6) is 0 Å². The van der Waals surface area contributed by atoms with Crippen LogP contribution in [-0.2, 0) is 4.79 Å². The molecular weight excluding hydrogens is 196 g/mol. The van der Waals surface area contributed by atoms with Gasteiger partial charge in [0.2, 0.25) is 0 Å². The van der Waals surface area contributed by atoms with Gasteiger partial charge in [0.25, 0.3) is 0 Å². The molecule has 1 nitrogen and oxygen atoms in total. The first kappa shape index (κ1) is 13.2. The van der Waals surface area contributed by atoms with E-state index in [1.165, 1.54) is 5.57 Å². The van der Waals surface area contributed by atoms with Crippen molar-refractivity contribution in [2.24, 2.45) is 16.7 Å². The molecule has 1 aliphatic rings. The van der Waals surface area contributed by atoms with Gasteiger partial charge in [-0.1, -0.05) is 37.6 Å². The van der Waals surface area contributed by atoms with Crippen molar-refractivity contribution in [1.29, 1.82) is 0 Å². The van der Waals surface area contributed by atoms with Crippen molar-refractivity contribution >= 4 is 5.78 Å². The van der Waals surface area contributed by atoms with Crippen LogP contribution in [0.1, 0.15) is 48.0 Å². The van der Waals surface area contributed by atoms with Crippen molar-refractivity contribution in [3.05, 3.63) is 23.8 Å². The highest BCUT2D eigenvalue weighted by molar-refractivity contribution is 5.83. The Morgan fingerprint density at radius 3 is 2.44 bits per heavy atom. The molecule has 0 spiro atoms. The van der Waals surface area contributed by atoms with Crippen molar-refractivity contribution in [2.45, 2.75) is 48.0 Å². The number of hydrogen-bond donors (Lipinski definition) is 0. The third-order valence-corrected chi connectivity index (χ3v) is 4.27. The van der Waals surface area contributed by atoms with Crippen LogP contribution < -0.4 is 0 Å². The lowest BCUT2D eigenvalue weighted by atomic mass is 9.76. The Labute approximate surface area is 99.6 Å². The molecule has 0 N–H and O–H groups in total. The van der Waals surface area contributed by atoms with E-state index in [9.17, 15) is 4.79 Å². The van der Waals surface area contributed by atoms with Crippen molar-refractivity contribution in [2.75, 3.05) is 0 Å². The predicted molar refractivity (Wildman–Crippen MR) is 69.2 cm³/mol. The van der Waals surface area contributed by atoms with E-state index in [0.717, 1.165) is 6.42 Å². The fourth-order valence-electron chi connectivity index (χ4n) is 1.95. The minimum Gasteiger partial charge on any atom is -0.299 e. The van der Waals surface area contributed by atoms with Gasteiger partial charge in [-0.2, -0.15) is 0 Å². The number of rotatable bonds is 3. The van der Waals surface area contributed by atoms with Gasteiger partial charge in [0, 0.05) is 5.41 Å². The maximum absolute atomic E-state index is 11.4. The number of hydrogen-bond acceptors (Lipinski definition) is 1. The van der Waals surface area contributed by atoms with Gasteiger partial charge in [0.1, 0.15) is 5.78 Å². The van der Waals surface area contributed by atoms with Crippen LogP contribution in [0.3, 0.4) is 0 Å². The van der Waals surface area contributed by atoms with E-state index < -0.39 is 0 Å².